The first-order valence-corrected chi connectivity index (χ1v) is 5.73. The molecule has 0 aliphatic heterocycles. The van der Waals surface area contributed by atoms with Crippen molar-refractivity contribution in [2.75, 3.05) is 0 Å². The highest BCUT2D eigenvalue weighted by Gasteiger charge is 2.17. The van der Waals surface area contributed by atoms with Crippen LogP contribution in [0.2, 0.25) is 0 Å². The van der Waals surface area contributed by atoms with Crippen molar-refractivity contribution >= 4 is 17.2 Å². The molecule has 2 N–H and O–H groups in total. The van der Waals surface area contributed by atoms with Gasteiger partial charge in [-0.25, -0.2) is 0 Å². The van der Waals surface area contributed by atoms with Gasteiger partial charge in [0.15, 0.2) is 5.69 Å². The Bertz CT molecular complexity index is 496. The molecule has 1 amide bonds. The number of rotatable bonds is 3. The summed E-state index contributed by atoms with van der Waals surface area (Å²) in [5.74, 6) is -0.426. The number of hydrogen-bond donors (Lipinski definition) is 1. The summed E-state index contributed by atoms with van der Waals surface area (Å²) >= 11 is 1.65. The zero-order valence-corrected chi connectivity index (χ0v) is 9.57. The highest BCUT2D eigenvalue weighted by molar-refractivity contribution is 7.10. The van der Waals surface area contributed by atoms with Gasteiger partial charge >= 0.3 is 0 Å². The van der Waals surface area contributed by atoms with E-state index < -0.39 is 5.91 Å². The fourth-order valence-corrected chi connectivity index (χ4v) is 2.38. The Balaban J connectivity index is 2.44. The molecule has 0 fully saturated rings. The van der Waals surface area contributed by atoms with Crippen molar-refractivity contribution in [3.8, 4) is 0 Å². The van der Waals surface area contributed by atoms with Crippen molar-refractivity contribution in [1.82, 2.24) is 10.2 Å². The zero-order chi connectivity index (χ0) is 11.5. The van der Waals surface area contributed by atoms with Gasteiger partial charge in [0.05, 0.1) is 0 Å². The maximum absolute atomic E-state index is 11.2. The molecule has 0 saturated carbocycles. The van der Waals surface area contributed by atoms with Crippen LogP contribution in [0, 0.1) is 0 Å². The third-order valence-electron chi connectivity index (χ3n) is 2.42. The molecule has 4 nitrogen and oxygen atoms in total. The van der Waals surface area contributed by atoms with Crippen molar-refractivity contribution in [3.63, 3.8) is 0 Å². The minimum Gasteiger partial charge on any atom is -0.364 e. The molecule has 2 aromatic heterocycles. The van der Waals surface area contributed by atoms with E-state index in [1.54, 1.807) is 23.6 Å². The van der Waals surface area contributed by atoms with Crippen LogP contribution in [0.4, 0.5) is 0 Å². The van der Waals surface area contributed by atoms with E-state index in [-0.39, 0.29) is 11.6 Å². The predicted octanol–water partition coefficient (Wildman–Crippen LogP) is 1.79. The molecule has 1 unspecified atom stereocenters. The van der Waals surface area contributed by atoms with E-state index in [0.29, 0.717) is 0 Å². The Kier molecular flexibility index (Phi) is 2.96. The molecule has 5 heteroatoms. The maximum atomic E-state index is 11.2. The Morgan fingerprint density at radius 1 is 1.50 bits per heavy atom. The number of hydrogen-bond acceptors (Lipinski definition) is 4. The van der Waals surface area contributed by atoms with Crippen LogP contribution in [-0.2, 0) is 0 Å². The number of aromatic nitrogens is 2. The van der Waals surface area contributed by atoms with Gasteiger partial charge in [-0.2, -0.15) is 5.10 Å². The molecular formula is C11H11N3OS. The van der Waals surface area contributed by atoms with E-state index >= 15 is 0 Å². The standard InChI is InChI=1S/C11H11N3OS/c1-7(9-3-2-6-16-9)8-4-5-13-14-10(8)11(12)15/h2-7H,1H3,(H2,12,15). The van der Waals surface area contributed by atoms with Crippen molar-refractivity contribution in [3.05, 3.63) is 45.9 Å². The minimum absolute atomic E-state index is 0.109. The predicted molar refractivity (Wildman–Crippen MR) is 62.4 cm³/mol. The maximum Gasteiger partial charge on any atom is 0.269 e. The van der Waals surface area contributed by atoms with Gasteiger partial charge in [0.2, 0.25) is 0 Å². The lowest BCUT2D eigenvalue weighted by atomic mass is 9.98. The summed E-state index contributed by atoms with van der Waals surface area (Å²) in [7, 11) is 0. The quantitative estimate of drug-likeness (QED) is 0.878. The van der Waals surface area contributed by atoms with Crippen LogP contribution in [0.3, 0.4) is 0 Å². The monoisotopic (exact) mass is 233 g/mol. The zero-order valence-electron chi connectivity index (χ0n) is 8.75. The number of nitrogens with zero attached hydrogens (tertiary/aromatic N) is 2. The molecule has 2 aromatic rings. The third kappa shape index (κ3) is 1.94. The number of amides is 1. The normalized spacial score (nSPS) is 12.3. The second-order valence-electron chi connectivity index (χ2n) is 3.44. The van der Waals surface area contributed by atoms with Gasteiger partial charge in [0.1, 0.15) is 0 Å². The van der Waals surface area contributed by atoms with Gasteiger partial charge in [-0.15, -0.1) is 16.4 Å². The number of carbonyl (C=O) groups is 1. The first-order valence-electron chi connectivity index (χ1n) is 4.85. The van der Waals surface area contributed by atoms with Crippen molar-refractivity contribution in [2.24, 2.45) is 5.73 Å². The average molecular weight is 233 g/mol. The first-order chi connectivity index (χ1) is 7.70. The molecule has 82 valence electrons. The van der Waals surface area contributed by atoms with Crippen molar-refractivity contribution in [1.29, 1.82) is 0 Å². The molecule has 1 atom stereocenters. The topological polar surface area (TPSA) is 68.9 Å². The number of primary amides is 1. The van der Waals surface area contributed by atoms with Gasteiger partial charge in [-0.05, 0) is 23.1 Å². The number of thiophene rings is 1. The van der Waals surface area contributed by atoms with Gasteiger partial charge in [-0.1, -0.05) is 13.0 Å². The van der Waals surface area contributed by atoms with E-state index in [1.165, 1.54) is 4.88 Å². The lowest BCUT2D eigenvalue weighted by molar-refractivity contribution is 0.0993. The van der Waals surface area contributed by atoms with E-state index in [4.69, 9.17) is 5.73 Å². The van der Waals surface area contributed by atoms with Crippen LogP contribution in [0.5, 0.6) is 0 Å². The molecule has 0 aromatic carbocycles. The number of carbonyl (C=O) groups excluding carboxylic acids is 1. The first kappa shape index (κ1) is 10.8. The summed E-state index contributed by atoms with van der Waals surface area (Å²) < 4.78 is 0. The fraction of sp³-hybridized carbons (Fsp3) is 0.182. The summed E-state index contributed by atoms with van der Waals surface area (Å²) in [6.45, 7) is 2.02. The molecule has 0 spiro atoms. The van der Waals surface area contributed by atoms with Crippen LogP contribution in [0.15, 0.2) is 29.8 Å². The SMILES string of the molecule is CC(c1cccs1)c1ccnnc1C(N)=O. The molecule has 0 bridgehead atoms. The molecule has 2 rings (SSSR count). The average Bonchev–Trinajstić information content (AvgIpc) is 2.81. The van der Waals surface area contributed by atoms with E-state index in [1.807, 2.05) is 24.4 Å². The fourth-order valence-electron chi connectivity index (χ4n) is 1.57. The molecular weight excluding hydrogens is 222 g/mol. The molecule has 2 heterocycles. The summed E-state index contributed by atoms with van der Waals surface area (Å²) in [5.41, 5.74) is 6.34. The van der Waals surface area contributed by atoms with Gasteiger partial charge in [0.25, 0.3) is 5.91 Å². The van der Waals surface area contributed by atoms with Crippen molar-refractivity contribution in [2.45, 2.75) is 12.8 Å². The van der Waals surface area contributed by atoms with Gasteiger partial charge < -0.3 is 5.73 Å². The molecule has 0 aliphatic rings. The van der Waals surface area contributed by atoms with Crippen LogP contribution >= 0.6 is 11.3 Å². The van der Waals surface area contributed by atoms with Crippen LogP contribution in [0.25, 0.3) is 0 Å². The van der Waals surface area contributed by atoms with Crippen molar-refractivity contribution < 1.29 is 4.79 Å². The number of nitrogens with two attached hydrogens (primary N) is 1. The van der Waals surface area contributed by atoms with Gasteiger partial charge in [-0.3, -0.25) is 4.79 Å². The molecule has 16 heavy (non-hydrogen) atoms. The third-order valence-corrected chi connectivity index (χ3v) is 3.48. The minimum atomic E-state index is -0.536. The molecule has 0 radical (unpaired) electrons. The second-order valence-corrected chi connectivity index (χ2v) is 4.42. The van der Waals surface area contributed by atoms with Crippen LogP contribution in [-0.4, -0.2) is 16.1 Å². The summed E-state index contributed by atoms with van der Waals surface area (Å²) in [5, 5.41) is 9.48. The lowest BCUT2D eigenvalue weighted by Gasteiger charge is -2.11. The van der Waals surface area contributed by atoms with E-state index in [9.17, 15) is 4.79 Å². The smallest absolute Gasteiger partial charge is 0.269 e. The Morgan fingerprint density at radius 2 is 2.31 bits per heavy atom. The van der Waals surface area contributed by atoms with Gasteiger partial charge in [0, 0.05) is 17.0 Å². The second kappa shape index (κ2) is 4.40. The largest absolute Gasteiger partial charge is 0.364 e. The highest BCUT2D eigenvalue weighted by Crippen LogP contribution is 2.28. The lowest BCUT2D eigenvalue weighted by Crippen LogP contribution is -2.17. The highest BCUT2D eigenvalue weighted by atomic mass is 32.1. The Labute approximate surface area is 97.1 Å². The van der Waals surface area contributed by atoms with Crippen LogP contribution in [0.1, 0.15) is 33.8 Å². The molecule has 0 aliphatic carbocycles. The Morgan fingerprint density at radius 3 is 2.94 bits per heavy atom. The van der Waals surface area contributed by atoms with E-state index in [0.717, 1.165) is 5.56 Å². The Hall–Kier alpha value is -1.75. The summed E-state index contributed by atoms with van der Waals surface area (Å²) in [6, 6.07) is 5.80. The summed E-state index contributed by atoms with van der Waals surface area (Å²) in [6.07, 6.45) is 1.58. The van der Waals surface area contributed by atoms with E-state index in [2.05, 4.69) is 10.2 Å². The van der Waals surface area contributed by atoms with Crippen LogP contribution < -0.4 is 5.73 Å². The summed E-state index contributed by atoms with van der Waals surface area (Å²) in [4.78, 5) is 12.4. The molecule has 0 saturated heterocycles.